The highest BCUT2D eigenvalue weighted by Gasteiger charge is 2.16. The fourth-order valence-electron chi connectivity index (χ4n) is 6.65. The van der Waals surface area contributed by atoms with Gasteiger partial charge in [-0.05, 0) is 57.0 Å². The molecule has 0 fully saturated rings. The molecule has 0 aliphatic heterocycles. The molecule has 336 valence electrons. The summed E-state index contributed by atoms with van der Waals surface area (Å²) in [4.78, 5) is 54.2. The van der Waals surface area contributed by atoms with Crippen LogP contribution in [0.3, 0.4) is 0 Å². The van der Waals surface area contributed by atoms with Gasteiger partial charge < -0.3 is 35.2 Å². The van der Waals surface area contributed by atoms with E-state index in [1.54, 1.807) is 0 Å². The standard InChI is InChI=1S/C43H84N4O8S2/c1-5-9-13-15-20-38(18-11-7-3)36-44-42(52)56-34-32-54-40(50)22-26-46(24-17-25-47(28-30-48)29-31-49)27-23-41(51)55-33-35-57-43(53)45-37-39(19-12-8-4)21-16-14-10-6-2/h38-39,48-49H,5-37H2,1-4H3,(H,44,52)(H,45,53). The van der Waals surface area contributed by atoms with E-state index in [9.17, 15) is 29.4 Å². The average molecular weight is 849 g/mol. The summed E-state index contributed by atoms with van der Waals surface area (Å²) < 4.78 is 10.9. The first-order chi connectivity index (χ1) is 27.7. The van der Waals surface area contributed by atoms with Gasteiger partial charge in [0.1, 0.15) is 13.2 Å². The molecular formula is C43H84N4O8S2. The summed E-state index contributed by atoms with van der Waals surface area (Å²) in [7, 11) is 0. The quantitative estimate of drug-likeness (QED) is 0.0346. The van der Waals surface area contributed by atoms with E-state index in [1.807, 2.05) is 9.80 Å². The van der Waals surface area contributed by atoms with E-state index >= 15 is 0 Å². The van der Waals surface area contributed by atoms with Crippen LogP contribution in [0, 0.1) is 11.8 Å². The second kappa shape index (κ2) is 41.2. The average Bonchev–Trinajstić information content (AvgIpc) is 3.20. The summed E-state index contributed by atoms with van der Waals surface area (Å²) in [6.45, 7) is 13.4. The summed E-state index contributed by atoms with van der Waals surface area (Å²) in [6.07, 6.45) is 20.0. The Labute approximate surface area is 355 Å². The molecule has 2 unspecified atom stereocenters. The highest BCUT2D eigenvalue weighted by molar-refractivity contribution is 8.13. The molecule has 0 aliphatic rings. The lowest BCUT2D eigenvalue weighted by Crippen LogP contribution is -2.35. The van der Waals surface area contributed by atoms with Crippen molar-refractivity contribution in [3.05, 3.63) is 0 Å². The third-order valence-corrected chi connectivity index (χ3v) is 11.7. The number of carbonyl (C=O) groups excluding carboxylic acids is 4. The van der Waals surface area contributed by atoms with Crippen molar-refractivity contribution in [2.24, 2.45) is 11.8 Å². The number of amides is 2. The number of aliphatic hydroxyl groups is 2. The lowest BCUT2D eigenvalue weighted by atomic mass is 9.95. The van der Waals surface area contributed by atoms with E-state index in [2.05, 4.69) is 38.3 Å². The predicted octanol–water partition coefficient (Wildman–Crippen LogP) is 8.27. The van der Waals surface area contributed by atoms with Crippen molar-refractivity contribution >= 4 is 45.9 Å². The smallest absolute Gasteiger partial charge is 0.307 e. The molecule has 0 aliphatic carbocycles. The van der Waals surface area contributed by atoms with Crippen LogP contribution < -0.4 is 10.6 Å². The molecule has 57 heavy (non-hydrogen) atoms. The molecule has 0 radical (unpaired) electrons. The zero-order valence-electron chi connectivity index (χ0n) is 36.5. The van der Waals surface area contributed by atoms with Crippen molar-refractivity contribution in [1.29, 1.82) is 0 Å². The fourth-order valence-corrected chi connectivity index (χ4v) is 7.73. The number of rotatable bonds is 40. The van der Waals surface area contributed by atoms with Gasteiger partial charge in [-0.15, -0.1) is 0 Å². The Balaban J connectivity index is 4.69. The van der Waals surface area contributed by atoms with Crippen molar-refractivity contribution in [3.63, 3.8) is 0 Å². The number of esters is 2. The van der Waals surface area contributed by atoms with Crippen molar-refractivity contribution in [2.75, 3.05) is 90.3 Å². The molecule has 0 aromatic heterocycles. The lowest BCUT2D eigenvalue weighted by Gasteiger charge is -2.24. The first kappa shape index (κ1) is 55.4. The van der Waals surface area contributed by atoms with Gasteiger partial charge in [0, 0.05) is 50.8 Å². The minimum absolute atomic E-state index is 0.00150. The van der Waals surface area contributed by atoms with E-state index in [4.69, 9.17) is 9.47 Å². The first-order valence-corrected chi connectivity index (χ1v) is 24.5. The number of unbranched alkanes of at least 4 members (excludes halogenated alkanes) is 8. The Kier molecular flexibility index (Phi) is 40.0. The van der Waals surface area contributed by atoms with Gasteiger partial charge in [0.15, 0.2) is 0 Å². The monoisotopic (exact) mass is 849 g/mol. The number of nitrogens with zero attached hydrogens (tertiary/aromatic N) is 2. The number of carbonyl (C=O) groups is 4. The Morgan fingerprint density at radius 2 is 0.895 bits per heavy atom. The second-order valence-corrected chi connectivity index (χ2v) is 17.3. The van der Waals surface area contributed by atoms with Crippen LogP contribution in [0.2, 0.25) is 0 Å². The second-order valence-electron chi connectivity index (χ2n) is 15.2. The molecule has 0 bridgehead atoms. The van der Waals surface area contributed by atoms with Crippen LogP contribution in [0.1, 0.15) is 150 Å². The normalized spacial score (nSPS) is 12.5. The SMILES string of the molecule is CCCCCCC(CCCC)CNC(=O)SCCOC(=O)CCN(CCCN(CCO)CCO)CCC(=O)OCCSC(=O)NCC(CCCC)CCCCCC. The lowest BCUT2D eigenvalue weighted by molar-refractivity contribution is -0.143. The topological polar surface area (TPSA) is 158 Å². The van der Waals surface area contributed by atoms with Gasteiger partial charge in [-0.2, -0.15) is 0 Å². The van der Waals surface area contributed by atoms with Crippen LogP contribution in [-0.2, 0) is 19.1 Å². The number of thioether (sulfide) groups is 2. The van der Waals surface area contributed by atoms with Crippen molar-refractivity contribution < 1.29 is 38.9 Å². The van der Waals surface area contributed by atoms with Crippen LogP contribution in [0.25, 0.3) is 0 Å². The van der Waals surface area contributed by atoms with Gasteiger partial charge >= 0.3 is 11.9 Å². The van der Waals surface area contributed by atoms with Gasteiger partial charge in [0.25, 0.3) is 10.5 Å². The van der Waals surface area contributed by atoms with Gasteiger partial charge in [-0.25, -0.2) is 0 Å². The molecule has 0 saturated carbocycles. The zero-order chi connectivity index (χ0) is 42.2. The third-order valence-electron chi connectivity index (χ3n) is 10.1. The minimum atomic E-state index is -0.360. The van der Waals surface area contributed by atoms with Crippen LogP contribution in [-0.4, -0.2) is 133 Å². The number of hydrogen-bond donors (Lipinski definition) is 4. The molecule has 4 N–H and O–H groups in total. The molecule has 2 amide bonds. The Morgan fingerprint density at radius 3 is 1.28 bits per heavy atom. The van der Waals surface area contributed by atoms with Gasteiger partial charge in [0.05, 0.1) is 26.1 Å². The molecule has 0 heterocycles. The summed E-state index contributed by atoms with van der Waals surface area (Å²) in [6, 6.07) is 0. The molecule has 0 spiro atoms. The maximum absolute atomic E-state index is 12.6. The van der Waals surface area contributed by atoms with Gasteiger partial charge in [-0.1, -0.05) is 128 Å². The van der Waals surface area contributed by atoms with Crippen LogP contribution in [0.4, 0.5) is 9.59 Å². The number of hydrogen-bond acceptors (Lipinski definition) is 12. The van der Waals surface area contributed by atoms with Gasteiger partial charge in [-0.3, -0.25) is 24.1 Å². The summed E-state index contributed by atoms with van der Waals surface area (Å²) in [5.74, 6) is 1.05. The van der Waals surface area contributed by atoms with E-state index in [-0.39, 0.29) is 61.7 Å². The molecular weight excluding hydrogens is 765 g/mol. The Bertz CT molecular complexity index is 913. The highest BCUT2D eigenvalue weighted by Crippen LogP contribution is 2.19. The molecule has 12 nitrogen and oxygen atoms in total. The predicted molar refractivity (Wildman–Crippen MR) is 238 cm³/mol. The molecule has 0 aromatic carbocycles. The molecule has 0 aromatic rings. The third kappa shape index (κ3) is 36.0. The van der Waals surface area contributed by atoms with E-state index in [1.165, 1.54) is 64.2 Å². The summed E-state index contributed by atoms with van der Waals surface area (Å²) in [5, 5.41) is 24.7. The Hall–Kier alpha value is -1.58. The summed E-state index contributed by atoms with van der Waals surface area (Å²) >= 11 is 2.28. The maximum atomic E-state index is 12.6. The largest absolute Gasteiger partial charge is 0.465 e. The fraction of sp³-hybridized carbons (Fsp3) is 0.907. The molecule has 0 rings (SSSR count). The molecule has 2 atom stereocenters. The van der Waals surface area contributed by atoms with E-state index < -0.39 is 0 Å². The van der Waals surface area contributed by atoms with E-state index in [0.29, 0.717) is 75.7 Å². The van der Waals surface area contributed by atoms with Crippen molar-refractivity contribution in [3.8, 4) is 0 Å². The van der Waals surface area contributed by atoms with Crippen LogP contribution >= 0.6 is 23.5 Å². The van der Waals surface area contributed by atoms with Crippen LogP contribution in [0.15, 0.2) is 0 Å². The number of nitrogens with one attached hydrogen (secondary N) is 2. The van der Waals surface area contributed by atoms with Crippen molar-refractivity contribution in [1.82, 2.24) is 20.4 Å². The molecule has 14 heteroatoms. The van der Waals surface area contributed by atoms with Crippen molar-refractivity contribution in [2.45, 2.75) is 150 Å². The Morgan fingerprint density at radius 1 is 0.509 bits per heavy atom. The number of aliphatic hydroxyl groups excluding tert-OH is 2. The van der Waals surface area contributed by atoms with Crippen LogP contribution in [0.5, 0.6) is 0 Å². The molecule has 0 saturated heterocycles. The summed E-state index contributed by atoms with van der Waals surface area (Å²) in [5.41, 5.74) is 0. The first-order valence-electron chi connectivity index (χ1n) is 22.5. The van der Waals surface area contributed by atoms with Gasteiger partial charge in [0.2, 0.25) is 0 Å². The maximum Gasteiger partial charge on any atom is 0.307 e. The zero-order valence-corrected chi connectivity index (χ0v) is 38.2. The minimum Gasteiger partial charge on any atom is -0.465 e. The number of ether oxygens (including phenoxy) is 2. The van der Waals surface area contributed by atoms with E-state index in [0.717, 1.165) is 68.5 Å². The highest BCUT2D eigenvalue weighted by atomic mass is 32.2.